The molecule has 0 saturated carbocycles. The smallest absolute Gasteiger partial charge is 0.336 e. The maximum absolute atomic E-state index is 12.9. The number of fused-ring (bicyclic) bond motifs is 3. The predicted molar refractivity (Wildman–Crippen MR) is 188 cm³/mol. The van der Waals surface area contributed by atoms with Gasteiger partial charge in [0.05, 0.1) is 28.0 Å². The van der Waals surface area contributed by atoms with Gasteiger partial charge in [0.25, 0.3) is 0 Å². The number of nitrogens with two attached hydrogens (primary N) is 1. The molecule has 4 N–H and O–H groups in total. The van der Waals surface area contributed by atoms with Gasteiger partial charge in [0.1, 0.15) is 18.6 Å². The quantitative estimate of drug-likeness (QED) is 0.170. The van der Waals surface area contributed by atoms with Gasteiger partial charge in [-0.1, -0.05) is 42.5 Å². The molecule has 3 aliphatic heterocycles. The zero-order valence-corrected chi connectivity index (χ0v) is 26.6. The number of carbonyl (C=O) groups is 1. The Kier molecular flexibility index (Phi) is 7.31. The van der Waals surface area contributed by atoms with Crippen LogP contribution in [0, 0.1) is 0 Å². The van der Waals surface area contributed by atoms with E-state index < -0.39 is 0 Å². The Hall–Kier alpha value is -5.32. The summed E-state index contributed by atoms with van der Waals surface area (Å²) in [5.41, 5.74) is 10.7. The summed E-state index contributed by atoms with van der Waals surface area (Å²) < 4.78 is 5.69. The van der Waals surface area contributed by atoms with Gasteiger partial charge in [-0.3, -0.25) is 5.01 Å². The van der Waals surface area contributed by atoms with Crippen LogP contribution < -0.4 is 26.0 Å². The van der Waals surface area contributed by atoms with Crippen molar-refractivity contribution < 1.29 is 9.53 Å². The van der Waals surface area contributed by atoms with Gasteiger partial charge in [-0.25, -0.2) is 15.6 Å². The van der Waals surface area contributed by atoms with Crippen molar-refractivity contribution in [2.45, 2.75) is 12.8 Å². The van der Waals surface area contributed by atoms with E-state index in [1.54, 1.807) is 5.01 Å². The van der Waals surface area contributed by atoms with Crippen molar-refractivity contribution in [3.05, 3.63) is 107 Å². The van der Waals surface area contributed by atoms with Crippen molar-refractivity contribution >= 4 is 45.8 Å². The van der Waals surface area contributed by atoms with Gasteiger partial charge < -0.3 is 29.7 Å². The molecule has 8 rings (SSSR count). The van der Waals surface area contributed by atoms with Crippen molar-refractivity contribution in [1.82, 2.24) is 14.9 Å². The molecule has 1 unspecified atom stereocenters. The molecule has 0 radical (unpaired) electrons. The SMILES string of the molecule is CN1CCN(c2ccc3nc(-c4ccc5c(c4)NC(c4ccc(COC(=O)C6=Cc7ccccc7N(C)C6)cc4)N5N)[nH]c3c2)CC1. The van der Waals surface area contributed by atoms with Gasteiger partial charge in [0.15, 0.2) is 0 Å². The van der Waals surface area contributed by atoms with Crippen molar-refractivity contribution in [2.24, 2.45) is 5.84 Å². The fraction of sp³-hybridized carbons (Fsp3) is 0.243. The van der Waals surface area contributed by atoms with Crippen LogP contribution in [0.15, 0.2) is 90.5 Å². The Morgan fingerprint density at radius 1 is 0.936 bits per heavy atom. The lowest BCUT2D eigenvalue weighted by atomic mass is 10.0. The van der Waals surface area contributed by atoms with Gasteiger partial charge in [0, 0.05) is 56.7 Å². The van der Waals surface area contributed by atoms with E-state index in [1.807, 2.05) is 61.7 Å². The minimum absolute atomic E-state index is 0.199. The van der Waals surface area contributed by atoms with Gasteiger partial charge in [-0.2, -0.15) is 0 Å². The number of hydrazine groups is 1. The molecule has 10 nitrogen and oxygen atoms in total. The van der Waals surface area contributed by atoms with Gasteiger partial charge in [-0.05, 0) is 72.3 Å². The lowest BCUT2D eigenvalue weighted by molar-refractivity contribution is -0.140. The molecule has 5 aromatic rings. The predicted octanol–water partition coefficient (Wildman–Crippen LogP) is 5.36. The highest BCUT2D eigenvalue weighted by Gasteiger charge is 2.29. The number of H-pyrrole nitrogens is 1. The number of piperazine rings is 1. The molecule has 0 aliphatic carbocycles. The highest BCUT2D eigenvalue weighted by atomic mass is 16.5. The molecule has 3 aliphatic rings. The molecule has 1 aromatic heterocycles. The first-order chi connectivity index (χ1) is 22.9. The Labute approximate surface area is 274 Å². The molecular formula is C37H38N8O2. The minimum atomic E-state index is -0.299. The zero-order valence-electron chi connectivity index (χ0n) is 26.6. The van der Waals surface area contributed by atoms with E-state index in [4.69, 9.17) is 15.6 Å². The summed E-state index contributed by atoms with van der Waals surface area (Å²) in [6.07, 6.45) is 1.69. The molecule has 4 heterocycles. The van der Waals surface area contributed by atoms with E-state index in [2.05, 4.69) is 68.4 Å². The van der Waals surface area contributed by atoms with Gasteiger partial charge in [-0.15, -0.1) is 0 Å². The Balaban J connectivity index is 0.930. The Morgan fingerprint density at radius 2 is 1.74 bits per heavy atom. The number of esters is 1. The molecule has 4 aromatic carbocycles. The molecule has 10 heteroatoms. The van der Waals surface area contributed by atoms with E-state index in [9.17, 15) is 4.79 Å². The van der Waals surface area contributed by atoms with Crippen LogP contribution in [0.25, 0.3) is 28.5 Å². The fourth-order valence-corrected chi connectivity index (χ4v) is 6.71. The molecule has 238 valence electrons. The van der Waals surface area contributed by atoms with Crippen LogP contribution in [-0.4, -0.2) is 67.7 Å². The number of nitrogens with zero attached hydrogens (tertiary/aromatic N) is 5. The second-order valence-corrected chi connectivity index (χ2v) is 12.7. The molecule has 0 bridgehead atoms. The van der Waals surface area contributed by atoms with Gasteiger partial charge >= 0.3 is 5.97 Å². The second kappa shape index (κ2) is 11.8. The fourth-order valence-electron chi connectivity index (χ4n) is 6.71. The van der Waals surface area contributed by atoms with Crippen LogP contribution in [0.5, 0.6) is 0 Å². The molecule has 1 saturated heterocycles. The molecule has 0 amide bonds. The van der Waals surface area contributed by atoms with E-state index in [0.717, 1.165) is 82.4 Å². The maximum atomic E-state index is 12.9. The lowest BCUT2D eigenvalue weighted by Gasteiger charge is -2.34. The number of imidazole rings is 1. The number of hydrogen-bond acceptors (Lipinski definition) is 9. The standard InChI is InChI=1S/C37H38N8O2/c1-42-15-17-44(18-16-42)29-12-13-30-31(21-29)40-35(39-30)27-11-14-34-32(20-27)41-36(45(34)38)25-9-7-24(8-10-25)23-47-37(46)28-19-26-5-3-4-6-33(26)43(2)22-28/h3-14,19-21,36,41H,15-18,22-23,38H2,1-2H3,(H,39,40). The number of nitrogens with one attached hydrogen (secondary N) is 2. The topological polar surface area (TPSA) is 106 Å². The second-order valence-electron chi connectivity index (χ2n) is 12.7. The lowest BCUT2D eigenvalue weighted by Crippen LogP contribution is -2.44. The molecule has 0 spiro atoms. The minimum Gasteiger partial charge on any atom is -0.457 e. The van der Waals surface area contributed by atoms with Crippen LogP contribution in [0.1, 0.15) is 22.9 Å². The molecule has 1 atom stereocenters. The number of ether oxygens (including phenoxy) is 1. The monoisotopic (exact) mass is 626 g/mol. The number of likely N-dealkylation sites (N-methyl/N-ethyl adjacent to an activating group) is 2. The summed E-state index contributed by atoms with van der Waals surface area (Å²) in [7, 11) is 4.16. The third-order valence-electron chi connectivity index (χ3n) is 9.47. The summed E-state index contributed by atoms with van der Waals surface area (Å²) in [6, 6.07) is 28.7. The van der Waals surface area contributed by atoms with Gasteiger partial charge in [0.2, 0.25) is 0 Å². The van der Waals surface area contributed by atoms with Crippen LogP contribution >= 0.6 is 0 Å². The van der Waals surface area contributed by atoms with E-state index in [-0.39, 0.29) is 18.7 Å². The van der Waals surface area contributed by atoms with Crippen molar-refractivity contribution in [3.63, 3.8) is 0 Å². The number of carbonyl (C=O) groups excluding carboxylic acids is 1. The van der Waals surface area contributed by atoms with Crippen molar-refractivity contribution in [2.75, 3.05) is 66.9 Å². The van der Waals surface area contributed by atoms with Crippen molar-refractivity contribution in [3.8, 4) is 11.4 Å². The van der Waals surface area contributed by atoms with Crippen LogP contribution in [0.4, 0.5) is 22.7 Å². The first kappa shape index (κ1) is 29.1. The zero-order chi connectivity index (χ0) is 32.1. The summed E-state index contributed by atoms with van der Waals surface area (Å²) in [4.78, 5) is 28.2. The van der Waals surface area contributed by atoms with Crippen LogP contribution in [0.2, 0.25) is 0 Å². The molecular weight excluding hydrogens is 588 g/mol. The number of benzene rings is 4. The van der Waals surface area contributed by atoms with Crippen LogP contribution in [-0.2, 0) is 16.1 Å². The number of hydrogen-bond donors (Lipinski definition) is 3. The number of anilines is 4. The largest absolute Gasteiger partial charge is 0.457 e. The molecule has 1 fully saturated rings. The van der Waals surface area contributed by atoms with E-state index in [0.29, 0.717) is 12.1 Å². The normalized spacial score (nSPS) is 17.7. The highest BCUT2D eigenvalue weighted by Crippen LogP contribution is 2.41. The van der Waals surface area contributed by atoms with E-state index >= 15 is 0 Å². The number of para-hydroxylation sites is 1. The summed E-state index contributed by atoms with van der Waals surface area (Å²) in [6.45, 7) is 4.91. The Morgan fingerprint density at radius 3 is 2.57 bits per heavy atom. The molecule has 47 heavy (non-hydrogen) atoms. The third-order valence-corrected chi connectivity index (χ3v) is 9.47. The first-order valence-corrected chi connectivity index (χ1v) is 16.0. The third kappa shape index (κ3) is 5.55. The number of aromatic amines is 1. The maximum Gasteiger partial charge on any atom is 0.336 e. The van der Waals surface area contributed by atoms with E-state index in [1.165, 1.54) is 5.69 Å². The Bertz CT molecular complexity index is 1990. The summed E-state index contributed by atoms with van der Waals surface area (Å²) in [5, 5.41) is 5.33. The number of aromatic nitrogens is 2. The average molecular weight is 627 g/mol. The highest BCUT2D eigenvalue weighted by molar-refractivity contribution is 5.97. The van der Waals surface area contributed by atoms with Crippen LogP contribution in [0.3, 0.4) is 0 Å². The summed E-state index contributed by atoms with van der Waals surface area (Å²) in [5.74, 6) is 7.12. The van der Waals surface area contributed by atoms with Crippen molar-refractivity contribution in [1.29, 1.82) is 0 Å². The number of rotatable bonds is 6. The summed E-state index contributed by atoms with van der Waals surface area (Å²) >= 11 is 0. The first-order valence-electron chi connectivity index (χ1n) is 16.0. The average Bonchev–Trinajstić information content (AvgIpc) is 3.68.